The number of rotatable bonds is 4. The van der Waals surface area contributed by atoms with Crippen molar-refractivity contribution in [3.05, 3.63) is 70.8 Å². The first-order valence-corrected chi connectivity index (χ1v) is 9.81. The molecule has 0 amide bonds. The molecule has 3 heteroatoms. The molecule has 1 heterocycles. The summed E-state index contributed by atoms with van der Waals surface area (Å²) in [4.78, 5) is 2.47. The summed E-state index contributed by atoms with van der Waals surface area (Å²) in [5, 5.41) is 10.9. The first kappa shape index (κ1) is 19.4. The maximum atomic E-state index is 10.9. The Kier molecular flexibility index (Phi) is 6.39. The van der Waals surface area contributed by atoms with E-state index in [1.165, 1.54) is 48.8 Å². The molecule has 2 unspecified atom stereocenters. The highest BCUT2D eigenvalue weighted by atomic mass is 35.5. The van der Waals surface area contributed by atoms with Crippen LogP contribution in [0.2, 0.25) is 0 Å². The number of nitrogens with zero attached hydrogens (tertiary/aromatic N) is 1. The maximum Gasteiger partial charge on any atom is 0.0942 e. The SMILES string of the molecule is CC(C(O)c1ccc2c(c1)CCC2)N1CCC(c2ccccc2)CC1.Cl. The molecule has 2 nitrogen and oxygen atoms in total. The van der Waals surface area contributed by atoms with E-state index >= 15 is 0 Å². The van der Waals surface area contributed by atoms with Crippen molar-refractivity contribution in [3.8, 4) is 0 Å². The van der Waals surface area contributed by atoms with Gasteiger partial charge in [0.1, 0.15) is 0 Å². The number of piperidine rings is 1. The summed E-state index contributed by atoms with van der Waals surface area (Å²) in [6.45, 7) is 4.33. The third-order valence-corrected chi connectivity index (χ3v) is 6.30. The molecular formula is C23H30ClNO. The summed E-state index contributed by atoms with van der Waals surface area (Å²) in [5.74, 6) is 0.668. The van der Waals surface area contributed by atoms with Crippen LogP contribution in [-0.4, -0.2) is 29.1 Å². The van der Waals surface area contributed by atoms with Gasteiger partial charge >= 0.3 is 0 Å². The number of halogens is 1. The maximum absolute atomic E-state index is 10.9. The van der Waals surface area contributed by atoms with Gasteiger partial charge in [-0.15, -0.1) is 12.4 Å². The van der Waals surface area contributed by atoms with Crippen molar-refractivity contribution in [2.45, 2.75) is 57.1 Å². The predicted octanol–water partition coefficient (Wildman–Crippen LogP) is 4.90. The predicted molar refractivity (Wildman–Crippen MR) is 110 cm³/mol. The molecule has 2 aromatic carbocycles. The van der Waals surface area contributed by atoms with Crippen molar-refractivity contribution in [1.29, 1.82) is 0 Å². The van der Waals surface area contributed by atoms with E-state index in [1.807, 2.05) is 0 Å². The van der Waals surface area contributed by atoms with Crippen LogP contribution in [0.4, 0.5) is 0 Å². The molecule has 2 atom stereocenters. The minimum atomic E-state index is -0.390. The zero-order valence-electron chi connectivity index (χ0n) is 15.6. The lowest BCUT2D eigenvalue weighted by Crippen LogP contribution is -2.42. The number of hydrogen-bond acceptors (Lipinski definition) is 2. The fraction of sp³-hybridized carbons (Fsp3) is 0.478. The normalized spacial score (nSPS) is 20.2. The second-order valence-corrected chi connectivity index (χ2v) is 7.79. The minimum absolute atomic E-state index is 0. The molecule has 2 aliphatic rings. The second-order valence-electron chi connectivity index (χ2n) is 7.79. The van der Waals surface area contributed by atoms with Crippen molar-refractivity contribution in [1.82, 2.24) is 4.90 Å². The Balaban J connectivity index is 0.00000196. The lowest BCUT2D eigenvalue weighted by atomic mass is 9.88. The van der Waals surface area contributed by atoms with E-state index in [2.05, 4.69) is 60.4 Å². The van der Waals surface area contributed by atoms with Crippen molar-refractivity contribution < 1.29 is 5.11 Å². The fourth-order valence-electron chi connectivity index (χ4n) is 4.62. The molecular weight excluding hydrogens is 342 g/mol. The molecule has 1 N–H and O–H groups in total. The van der Waals surface area contributed by atoms with Crippen molar-refractivity contribution >= 4 is 12.4 Å². The molecule has 1 fully saturated rings. The number of aryl methyl sites for hydroxylation is 2. The van der Waals surface area contributed by atoms with E-state index in [0.29, 0.717) is 5.92 Å². The molecule has 0 spiro atoms. The Bertz CT molecular complexity index is 709. The van der Waals surface area contributed by atoms with Crippen LogP contribution in [0.3, 0.4) is 0 Å². The van der Waals surface area contributed by atoms with Crippen molar-refractivity contribution in [2.75, 3.05) is 13.1 Å². The number of aliphatic hydroxyl groups excluding tert-OH is 1. The van der Waals surface area contributed by atoms with E-state index in [-0.39, 0.29) is 24.6 Å². The molecule has 0 radical (unpaired) electrons. The number of fused-ring (bicyclic) bond motifs is 1. The lowest BCUT2D eigenvalue weighted by Gasteiger charge is -2.38. The number of aliphatic hydroxyl groups is 1. The molecule has 1 aliphatic carbocycles. The summed E-state index contributed by atoms with van der Waals surface area (Å²) >= 11 is 0. The summed E-state index contributed by atoms with van der Waals surface area (Å²) in [5.41, 5.74) is 5.49. The number of hydrogen-bond donors (Lipinski definition) is 1. The standard InChI is InChI=1S/C23H29NO.ClH/c1-17(23(25)22-11-10-19-8-5-9-21(19)16-22)24-14-12-20(13-15-24)18-6-3-2-4-7-18;/h2-4,6-7,10-11,16-17,20,23,25H,5,8-9,12-15H2,1H3;1H. The van der Waals surface area contributed by atoms with Crippen LogP contribution in [0.5, 0.6) is 0 Å². The summed E-state index contributed by atoms with van der Waals surface area (Å²) < 4.78 is 0. The molecule has 1 saturated heterocycles. The molecule has 140 valence electrons. The van der Waals surface area contributed by atoms with Crippen LogP contribution in [0.25, 0.3) is 0 Å². The van der Waals surface area contributed by atoms with Crippen LogP contribution in [0.1, 0.15) is 60.5 Å². The van der Waals surface area contributed by atoms with Crippen molar-refractivity contribution in [2.24, 2.45) is 0 Å². The van der Waals surface area contributed by atoms with Gasteiger partial charge in [0.25, 0.3) is 0 Å². The summed E-state index contributed by atoms with van der Waals surface area (Å²) in [7, 11) is 0. The van der Waals surface area contributed by atoms with Crippen LogP contribution in [0, 0.1) is 0 Å². The molecule has 0 aromatic heterocycles. The Hall–Kier alpha value is -1.35. The van der Waals surface area contributed by atoms with Gasteiger partial charge in [0.15, 0.2) is 0 Å². The zero-order valence-corrected chi connectivity index (χ0v) is 16.4. The molecule has 2 aromatic rings. The number of likely N-dealkylation sites (tertiary alicyclic amines) is 1. The average molecular weight is 372 g/mol. The van der Waals surface area contributed by atoms with Crippen LogP contribution >= 0.6 is 12.4 Å². The summed E-state index contributed by atoms with van der Waals surface area (Å²) in [6.07, 6.45) is 5.62. The number of benzene rings is 2. The smallest absolute Gasteiger partial charge is 0.0942 e. The van der Waals surface area contributed by atoms with Gasteiger partial charge < -0.3 is 5.11 Å². The largest absolute Gasteiger partial charge is 0.387 e. The highest BCUT2D eigenvalue weighted by molar-refractivity contribution is 5.85. The van der Waals surface area contributed by atoms with E-state index in [4.69, 9.17) is 0 Å². The average Bonchev–Trinajstić information content (AvgIpc) is 3.15. The molecule has 4 rings (SSSR count). The van der Waals surface area contributed by atoms with E-state index in [0.717, 1.165) is 18.7 Å². The monoisotopic (exact) mass is 371 g/mol. The van der Waals surface area contributed by atoms with E-state index < -0.39 is 0 Å². The van der Waals surface area contributed by atoms with Gasteiger partial charge in [0.05, 0.1) is 6.10 Å². The topological polar surface area (TPSA) is 23.5 Å². The quantitative estimate of drug-likeness (QED) is 0.826. The lowest BCUT2D eigenvalue weighted by molar-refractivity contribution is 0.0436. The molecule has 26 heavy (non-hydrogen) atoms. The van der Waals surface area contributed by atoms with E-state index in [9.17, 15) is 5.11 Å². The van der Waals surface area contributed by atoms with Gasteiger partial charge in [-0.05, 0) is 80.3 Å². The third-order valence-electron chi connectivity index (χ3n) is 6.30. The van der Waals surface area contributed by atoms with Gasteiger partial charge in [-0.25, -0.2) is 0 Å². The van der Waals surface area contributed by atoms with Gasteiger partial charge in [-0.1, -0.05) is 48.5 Å². The first-order valence-electron chi connectivity index (χ1n) is 9.81. The third kappa shape index (κ3) is 3.98. The van der Waals surface area contributed by atoms with Gasteiger partial charge in [0, 0.05) is 6.04 Å². The highest BCUT2D eigenvalue weighted by Gasteiger charge is 2.28. The minimum Gasteiger partial charge on any atom is -0.387 e. The molecule has 1 aliphatic heterocycles. The Morgan fingerprint density at radius 3 is 2.38 bits per heavy atom. The van der Waals surface area contributed by atoms with Gasteiger partial charge in [-0.2, -0.15) is 0 Å². The Labute approximate surface area is 163 Å². The highest BCUT2D eigenvalue weighted by Crippen LogP contribution is 2.32. The van der Waals surface area contributed by atoms with Crippen LogP contribution in [0.15, 0.2) is 48.5 Å². The summed E-state index contributed by atoms with van der Waals surface area (Å²) in [6, 6.07) is 17.7. The van der Waals surface area contributed by atoms with Crippen LogP contribution in [-0.2, 0) is 12.8 Å². The Morgan fingerprint density at radius 2 is 1.65 bits per heavy atom. The second kappa shape index (κ2) is 8.56. The van der Waals surface area contributed by atoms with E-state index in [1.54, 1.807) is 0 Å². The van der Waals surface area contributed by atoms with Crippen LogP contribution < -0.4 is 0 Å². The fourth-order valence-corrected chi connectivity index (χ4v) is 4.62. The zero-order chi connectivity index (χ0) is 17.2. The van der Waals surface area contributed by atoms with Crippen molar-refractivity contribution in [3.63, 3.8) is 0 Å². The molecule has 0 bridgehead atoms. The molecule has 0 saturated carbocycles. The first-order chi connectivity index (χ1) is 12.2. The Morgan fingerprint density at radius 1 is 0.962 bits per heavy atom. The van der Waals surface area contributed by atoms with Gasteiger partial charge in [0.2, 0.25) is 0 Å². The van der Waals surface area contributed by atoms with Gasteiger partial charge in [-0.3, -0.25) is 4.90 Å².